The molecule has 2 fully saturated rings. The molecule has 2 aromatic rings. The molecular weight excluding hydrogens is 384 g/mol. The van der Waals surface area contributed by atoms with Crippen LogP contribution in [-0.2, 0) is 14.8 Å². The number of rotatable bonds is 4. The van der Waals surface area contributed by atoms with Gasteiger partial charge >= 0.3 is 0 Å². The van der Waals surface area contributed by atoms with E-state index in [1.165, 1.54) is 17.1 Å². The molecule has 0 radical (unpaired) electrons. The van der Waals surface area contributed by atoms with Gasteiger partial charge in [0.15, 0.2) is 0 Å². The number of benzene rings is 1. The zero-order valence-electron chi connectivity index (χ0n) is 15.1. The normalized spacial score (nSPS) is 22.7. The van der Waals surface area contributed by atoms with E-state index >= 15 is 0 Å². The zero-order valence-corrected chi connectivity index (χ0v) is 16.8. The van der Waals surface area contributed by atoms with E-state index < -0.39 is 16.1 Å². The highest BCUT2D eigenvalue weighted by atomic mass is 32.2. The van der Waals surface area contributed by atoms with E-state index in [-0.39, 0.29) is 16.8 Å². The van der Waals surface area contributed by atoms with Gasteiger partial charge in [-0.3, -0.25) is 4.79 Å². The lowest BCUT2D eigenvalue weighted by atomic mass is 10.1. The average molecular weight is 409 g/mol. The van der Waals surface area contributed by atoms with Gasteiger partial charge in [-0.25, -0.2) is 8.42 Å². The number of carbonyl (C=O) groups excluding carboxylic acids is 1. The van der Waals surface area contributed by atoms with Crippen LogP contribution in [0.5, 0.6) is 0 Å². The summed E-state index contributed by atoms with van der Waals surface area (Å²) in [6.07, 6.45) is 7.87. The minimum Gasteiger partial charge on any atom is -0.352 e. The monoisotopic (exact) mass is 408 g/mol. The Bertz CT molecular complexity index is 920. The molecule has 1 aromatic carbocycles. The first kappa shape index (κ1) is 18.8. The van der Waals surface area contributed by atoms with Crippen molar-refractivity contribution >= 4 is 38.7 Å². The van der Waals surface area contributed by atoms with E-state index in [4.69, 9.17) is 0 Å². The summed E-state index contributed by atoms with van der Waals surface area (Å²) in [7, 11) is -3.80. The van der Waals surface area contributed by atoms with E-state index in [0.717, 1.165) is 37.4 Å². The number of hydrogen-bond acceptors (Lipinski definition) is 6. The molecule has 146 valence electrons. The first-order valence-corrected chi connectivity index (χ1v) is 11.8. The Kier molecular flexibility index (Phi) is 5.43. The third-order valence-electron chi connectivity index (χ3n) is 5.54. The van der Waals surface area contributed by atoms with Crippen molar-refractivity contribution in [1.29, 1.82) is 0 Å². The fourth-order valence-corrected chi connectivity index (χ4v) is 6.54. The molecule has 0 bridgehead atoms. The fraction of sp³-hybridized carbons (Fsp3) is 0.611. The predicted molar refractivity (Wildman–Crippen MR) is 104 cm³/mol. The van der Waals surface area contributed by atoms with Crippen molar-refractivity contribution in [3.8, 4) is 0 Å². The summed E-state index contributed by atoms with van der Waals surface area (Å²) in [4.78, 5) is 13.0. The molecule has 1 aliphatic heterocycles. The quantitative estimate of drug-likeness (QED) is 0.785. The molecule has 7 nitrogen and oxygen atoms in total. The van der Waals surface area contributed by atoms with Crippen LogP contribution in [-0.4, -0.2) is 46.0 Å². The third-order valence-corrected chi connectivity index (χ3v) is 8.03. The number of hydrogen-bond donors (Lipinski definition) is 1. The number of nitrogens with zero attached hydrogens (tertiary/aromatic N) is 3. The van der Waals surface area contributed by atoms with Crippen molar-refractivity contribution in [3.63, 3.8) is 0 Å². The topological polar surface area (TPSA) is 92.3 Å². The number of nitrogens with one attached hydrogen (secondary N) is 1. The molecule has 1 unspecified atom stereocenters. The molecule has 4 rings (SSSR count). The van der Waals surface area contributed by atoms with Gasteiger partial charge in [-0.15, -0.1) is 0 Å². The molecule has 0 spiro atoms. The van der Waals surface area contributed by atoms with Gasteiger partial charge in [0, 0.05) is 12.6 Å². The van der Waals surface area contributed by atoms with Gasteiger partial charge in [0.2, 0.25) is 15.9 Å². The lowest BCUT2D eigenvalue weighted by Crippen LogP contribution is -2.48. The van der Waals surface area contributed by atoms with Crippen LogP contribution in [0.3, 0.4) is 0 Å². The van der Waals surface area contributed by atoms with Crippen molar-refractivity contribution in [2.75, 3.05) is 6.54 Å². The molecule has 9 heteroatoms. The van der Waals surface area contributed by atoms with Gasteiger partial charge in [-0.2, -0.15) is 13.1 Å². The highest BCUT2D eigenvalue weighted by Crippen LogP contribution is 2.30. The van der Waals surface area contributed by atoms with Gasteiger partial charge < -0.3 is 5.32 Å². The van der Waals surface area contributed by atoms with Crippen LogP contribution in [0.1, 0.15) is 51.4 Å². The Morgan fingerprint density at radius 3 is 2.63 bits per heavy atom. The molecule has 1 aromatic heterocycles. The van der Waals surface area contributed by atoms with Crippen LogP contribution in [0.25, 0.3) is 11.0 Å². The van der Waals surface area contributed by atoms with E-state index in [1.807, 2.05) is 0 Å². The van der Waals surface area contributed by atoms with Crippen LogP contribution in [0.15, 0.2) is 23.1 Å². The zero-order chi connectivity index (χ0) is 18.9. The maximum Gasteiger partial charge on any atom is 0.246 e. The molecule has 1 N–H and O–H groups in total. The lowest BCUT2D eigenvalue weighted by molar-refractivity contribution is -0.125. The second kappa shape index (κ2) is 7.81. The van der Waals surface area contributed by atoms with Gasteiger partial charge in [0.1, 0.15) is 22.0 Å². The van der Waals surface area contributed by atoms with E-state index in [0.29, 0.717) is 30.4 Å². The molecule has 27 heavy (non-hydrogen) atoms. The minimum atomic E-state index is -3.80. The maximum atomic E-state index is 13.3. The Morgan fingerprint density at radius 2 is 1.85 bits per heavy atom. The molecular formula is C18H24N4O3S2. The Morgan fingerprint density at radius 1 is 1.07 bits per heavy atom. The van der Waals surface area contributed by atoms with Gasteiger partial charge in [0.05, 0.1) is 11.7 Å². The predicted octanol–water partition coefficient (Wildman–Crippen LogP) is 2.68. The highest BCUT2D eigenvalue weighted by Gasteiger charge is 2.40. The number of aromatic nitrogens is 2. The molecule has 1 saturated carbocycles. The molecule has 1 saturated heterocycles. The second-order valence-electron chi connectivity index (χ2n) is 7.36. The fourth-order valence-electron chi connectivity index (χ4n) is 4.13. The molecule has 1 aliphatic carbocycles. The maximum absolute atomic E-state index is 13.3. The highest BCUT2D eigenvalue weighted by molar-refractivity contribution is 7.89. The first-order valence-electron chi connectivity index (χ1n) is 9.61. The Hall–Kier alpha value is -1.58. The van der Waals surface area contributed by atoms with Crippen molar-refractivity contribution in [2.24, 2.45) is 0 Å². The smallest absolute Gasteiger partial charge is 0.246 e. The second-order valence-corrected chi connectivity index (χ2v) is 9.75. The summed E-state index contributed by atoms with van der Waals surface area (Å²) < 4.78 is 36.2. The summed E-state index contributed by atoms with van der Waals surface area (Å²) >= 11 is 0.996. The molecule has 2 aliphatic rings. The Labute approximate surface area is 163 Å². The van der Waals surface area contributed by atoms with Crippen molar-refractivity contribution in [1.82, 2.24) is 18.4 Å². The van der Waals surface area contributed by atoms with E-state index in [9.17, 15) is 13.2 Å². The van der Waals surface area contributed by atoms with E-state index in [1.54, 1.807) is 18.2 Å². The van der Waals surface area contributed by atoms with Crippen molar-refractivity contribution in [3.05, 3.63) is 18.2 Å². The van der Waals surface area contributed by atoms with Crippen LogP contribution in [0.4, 0.5) is 0 Å². The summed E-state index contributed by atoms with van der Waals surface area (Å²) in [5, 5.41) is 3.12. The van der Waals surface area contributed by atoms with Crippen LogP contribution >= 0.6 is 11.7 Å². The van der Waals surface area contributed by atoms with E-state index in [2.05, 4.69) is 14.1 Å². The van der Waals surface area contributed by atoms with Crippen LogP contribution < -0.4 is 5.32 Å². The van der Waals surface area contributed by atoms with Crippen LogP contribution in [0, 0.1) is 0 Å². The minimum absolute atomic E-state index is 0.142. The SMILES string of the molecule is O=C(NC1CCCCCC1)C1CCCN1S(=O)(=O)c1cccc2nsnc12. The summed E-state index contributed by atoms with van der Waals surface area (Å²) in [6.45, 7) is 0.360. The van der Waals surface area contributed by atoms with Gasteiger partial charge in [-0.1, -0.05) is 31.7 Å². The standard InChI is InChI=1S/C18H24N4O3S2/c23-18(19-13-7-3-1-2-4-8-13)15-10-6-12-22(15)27(24,25)16-11-5-9-14-17(16)21-26-20-14/h5,9,11,13,15H,1-4,6-8,10,12H2,(H,19,23). The van der Waals surface area contributed by atoms with Crippen LogP contribution in [0.2, 0.25) is 0 Å². The van der Waals surface area contributed by atoms with Crippen molar-refractivity contribution in [2.45, 2.75) is 68.3 Å². The molecule has 1 atom stereocenters. The third kappa shape index (κ3) is 3.72. The molecule has 2 heterocycles. The van der Waals surface area contributed by atoms with Gasteiger partial charge in [-0.05, 0) is 37.8 Å². The number of carbonyl (C=O) groups is 1. The largest absolute Gasteiger partial charge is 0.352 e. The number of fused-ring (bicyclic) bond motifs is 1. The average Bonchev–Trinajstić information content (AvgIpc) is 3.27. The summed E-state index contributed by atoms with van der Waals surface area (Å²) in [6, 6.07) is 4.50. The van der Waals surface area contributed by atoms with Gasteiger partial charge in [0.25, 0.3) is 0 Å². The molecule has 1 amide bonds. The Balaban J connectivity index is 1.56. The lowest BCUT2D eigenvalue weighted by Gasteiger charge is -2.25. The summed E-state index contributed by atoms with van der Waals surface area (Å²) in [5.74, 6) is -0.161. The first-order chi connectivity index (χ1) is 13.1. The number of amides is 1. The van der Waals surface area contributed by atoms with Crippen molar-refractivity contribution < 1.29 is 13.2 Å². The summed E-state index contributed by atoms with van der Waals surface area (Å²) in [5.41, 5.74) is 0.956. The number of sulfonamides is 1.